The maximum absolute atomic E-state index is 5.81. The van der Waals surface area contributed by atoms with E-state index >= 15 is 0 Å². The van der Waals surface area contributed by atoms with Crippen molar-refractivity contribution in [2.24, 2.45) is 0 Å². The minimum atomic E-state index is 0.370. The Balaban J connectivity index is 2.11. The van der Waals surface area contributed by atoms with Crippen LogP contribution in [0.5, 0.6) is 5.75 Å². The van der Waals surface area contributed by atoms with Crippen molar-refractivity contribution >= 4 is 16.8 Å². The molecule has 0 atom stereocenters. The van der Waals surface area contributed by atoms with Crippen molar-refractivity contribution in [1.82, 2.24) is 5.16 Å². The van der Waals surface area contributed by atoms with Crippen LogP contribution in [0.4, 0.5) is 5.82 Å². The number of fused-ring (bicyclic) bond motifs is 3. The topological polar surface area (TPSA) is 74.4 Å². The molecule has 90 valence electrons. The van der Waals surface area contributed by atoms with E-state index in [0.717, 1.165) is 34.4 Å². The van der Waals surface area contributed by atoms with E-state index in [9.17, 15) is 0 Å². The van der Waals surface area contributed by atoms with Gasteiger partial charge in [0, 0.05) is 17.5 Å². The molecule has 0 unspecified atom stereocenters. The second-order valence-electron chi connectivity index (χ2n) is 4.25. The predicted molar refractivity (Wildman–Crippen MR) is 65.3 cm³/mol. The monoisotopic (exact) mass is 242 g/mol. The molecule has 1 aromatic carbocycles. The highest BCUT2D eigenvalue weighted by Gasteiger charge is 2.25. The second-order valence-corrected chi connectivity index (χ2v) is 4.25. The minimum Gasteiger partial charge on any atom is -0.492 e. The fraction of sp³-hybridized carbons (Fsp3) is 0.154. The van der Waals surface area contributed by atoms with Crippen LogP contribution in [0, 0.1) is 0 Å². The summed E-state index contributed by atoms with van der Waals surface area (Å²) in [7, 11) is 0. The van der Waals surface area contributed by atoms with Crippen molar-refractivity contribution < 1.29 is 13.7 Å². The summed E-state index contributed by atoms with van der Waals surface area (Å²) in [6.07, 6.45) is 2.49. The van der Waals surface area contributed by atoms with Gasteiger partial charge in [0.05, 0.1) is 12.9 Å². The molecule has 0 amide bonds. The standard InChI is InChI=1S/C13H10N2O3/c14-13-11-10(18-15-13)6-8(9-2-1-4-16-9)7-3-5-17-12(7)11/h1-2,4,6H,3,5H2,(H2,14,15). The van der Waals surface area contributed by atoms with E-state index in [0.29, 0.717) is 18.0 Å². The van der Waals surface area contributed by atoms with E-state index in [-0.39, 0.29) is 0 Å². The molecule has 0 fully saturated rings. The van der Waals surface area contributed by atoms with Gasteiger partial charge in [-0.1, -0.05) is 5.16 Å². The molecule has 2 aromatic heterocycles. The smallest absolute Gasteiger partial charge is 0.178 e. The molecule has 0 aliphatic carbocycles. The molecule has 0 bridgehead atoms. The van der Waals surface area contributed by atoms with E-state index in [1.165, 1.54) is 0 Å². The molecule has 0 saturated heterocycles. The van der Waals surface area contributed by atoms with Gasteiger partial charge in [-0.25, -0.2) is 0 Å². The van der Waals surface area contributed by atoms with Gasteiger partial charge in [-0.3, -0.25) is 0 Å². The number of aromatic nitrogens is 1. The summed E-state index contributed by atoms with van der Waals surface area (Å²) in [4.78, 5) is 0. The van der Waals surface area contributed by atoms with Crippen molar-refractivity contribution in [2.45, 2.75) is 6.42 Å². The van der Waals surface area contributed by atoms with E-state index in [2.05, 4.69) is 5.16 Å². The Morgan fingerprint density at radius 1 is 1.33 bits per heavy atom. The normalized spacial score (nSPS) is 13.8. The lowest BCUT2D eigenvalue weighted by Gasteiger charge is -2.05. The highest BCUT2D eigenvalue weighted by atomic mass is 16.5. The summed E-state index contributed by atoms with van der Waals surface area (Å²) in [5, 5.41) is 4.55. The largest absolute Gasteiger partial charge is 0.492 e. The molecule has 5 nitrogen and oxygen atoms in total. The molecule has 1 aliphatic heterocycles. The first-order valence-corrected chi connectivity index (χ1v) is 5.72. The fourth-order valence-electron chi connectivity index (χ4n) is 2.45. The predicted octanol–water partition coefficient (Wildman–Crippen LogP) is 2.60. The average Bonchev–Trinajstić information content (AvgIpc) is 3.06. The van der Waals surface area contributed by atoms with Crippen LogP contribution in [-0.4, -0.2) is 11.8 Å². The lowest BCUT2D eigenvalue weighted by Crippen LogP contribution is -1.89. The number of hydrogen-bond acceptors (Lipinski definition) is 5. The summed E-state index contributed by atoms with van der Waals surface area (Å²) >= 11 is 0. The lowest BCUT2D eigenvalue weighted by atomic mass is 10.0. The number of furan rings is 1. The van der Waals surface area contributed by atoms with E-state index in [4.69, 9.17) is 19.4 Å². The van der Waals surface area contributed by atoms with Crippen LogP contribution in [0.1, 0.15) is 5.56 Å². The third kappa shape index (κ3) is 1.13. The lowest BCUT2D eigenvalue weighted by molar-refractivity contribution is 0.360. The quantitative estimate of drug-likeness (QED) is 0.709. The number of ether oxygens (including phenoxy) is 1. The van der Waals surface area contributed by atoms with Crippen molar-refractivity contribution in [3.63, 3.8) is 0 Å². The molecule has 3 heterocycles. The van der Waals surface area contributed by atoms with Gasteiger partial charge in [-0.2, -0.15) is 0 Å². The Bertz CT molecular complexity index is 728. The van der Waals surface area contributed by atoms with Crippen molar-refractivity contribution in [2.75, 3.05) is 12.3 Å². The van der Waals surface area contributed by atoms with Crippen molar-refractivity contribution in [3.05, 3.63) is 30.0 Å². The van der Waals surface area contributed by atoms with Gasteiger partial charge in [0.2, 0.25) is 0 Å². The number of nitrogen functional groups attached to an aromatic ring is 1. The van der Waals surface area contributed by atoms with Gasteiger partial charge in [-0.15, -0.1) is 0 Å². The third-order valence-electron chi connectivity index (χ3n) is 3.23. The van der Waals surface area contributed by atoms with Gasteiger partial charge >= 0.3 is 0 Å². The molecular weight excluding hydrogens is 232 g/mol. The maximum Gasteiger partial charge on any atom is 0.178 e. The Morgan fingerprint density at radius 3 is 3.11 bits per heavy atom. The fourth-order valence-corrected chi connectivity index (χ4v) is 2.45. The molecule has 4 rings (SSSR count). The van der Waals surface area contributed by atoms with Crippen molar-refractivity contribution in [3.8, 4) is 17.1 Å². The van der Waals surface area contributed by atoms with Gasteiger partial charge in [0.1, 0.15) is 16.9 Å². The van der Waals surface area contributed by atoms with Crippen molar-refractivity contribution in [1.29, 1.82) is 0 Å². The van der Waals surface area contributed by atoms with Crippen LogP contribution in [0.3, 0.4) is 0 Å². The Labute approximate surface area is 102 Å². The van der Waals surface area contributed by atoms with Gasteiger partial charge in [-0.05, 0) is 18.2 Å². The van der Waals surface area contributed by atoms with Crippen LogP contribution in [-0.2, 0) is 6.42 Å². The molecule has 0 spiro atoms. The summed E-state index contributed by atoms with van der Waals surface area (Å²) in [5.41, 5.74) is 8.52. The van der Waals surface area contributed by atoms with E-state index in [1.54, 1.807) is 6.26 Å². The summed E-state index contributed by atoms with van der Waals surface area (Å²) in [6.45, 7) is 0.646. The number of nitrogens with zero attached hydrogens (tertiary/aromatic N) is 1. The van der Waals surface area contributed by atoms with Crippen LogP contribution >= 0.6 is 0 Å². The molecule has 5 heteroatoms. The van der Waals surface area contributed by atoms with Crippen LogP contribution in [0.15, 0.2) is 33.4 Å². The zero-order valence-electron chi connectivity index (χ0n) is 9.47. The van der Waals surface area contributed by atoms with Gasteiger partial charge in [0.15, 0.2) is 11.4 Å². The molecule has 2 N–H and O–H groups in total. The molecule has 18 heavy (non-hydrogen) atoms. The number of rotatable bonds is 1. The zero-order valence-corrected chi connectivity index (χ0v) is 9.47. The van der Waals surface area contributed by atoms with Gasteiger partial charge < -0.3 is 19.4 Å². The molecule has 0 radical (unpaired) electrons. The molecule has 1 aliphatic rings. The SMILES string of the molecule is Nc1noc2cc(-c3ccco3)c3c(c12)OCC3. The number of benzene rings is 1. The first kappa shape index (κ1) is 9.58. The zero-order chi connectivity index (χ0) is 12.1. The molecular formula is C13H10N2O3. The molecule has 3 aromatic rings. The highest BCUT2D eigenvalue weighted by molar-refractivity contribution is 5.98. The number of anilines is 1. The highest BCUT2D eigenvalue weighted by Crippen LogP contribution is 2.43. The summed E-state index contributed by atoms with van der Waals surface area (Å²) in [5.74, 6) is 1.94. The third-order valence-corrected chi connectivity index (χ3v) is 3.23. The number of nitrogens with two attached hydrogens (primary N) is 1. The summed E-state index contributed by atoms with van der Waals surface area (Å²) in [6, 6.07) is 5.68. The number of hydrogen-bond donors (Lipinski definition) is 1. The maximum atomic E-state index is 5.81. The minimum absolute atomic E-state index is 0.370. The van der Waals surface area contributed by atoms with E-state index in [1.807, 2.05) is 18.2 Å². The Morgan fingerprint density at radius 2 is 2.28 bits per heavy atom. The van der Waals surface area contributed by atoms with E-state index < -0.39 is 0 Å². The Hall–Kier alpha value is -2.43. The first-order valence-electron chi connectivity index (χ1n) is 5.72. The average molecular weight is 242 g/mol. The Kier molecular flexibility index (Phi) is 1.75. The first-order chi connectivity index (χ1) is 8.84. The van der Waals surface area contributed by atoms with Crippen LogP contribution in [0.2, 0.25) is 0 Å². The van der Waals surface area contributed by atoms with Crippen LogP contribution in [0.25, 0.3) is 22.3 Å². The summed E-state index contributed by atoms with van der Waals surface area (Å²) < 4.78 is 16.3. The second kappa shape index (κ2) is 3.29. The molecule has 0 saturated carbocycles. The van der Waals surface area contributed by atoms with Crippen LogP contribution < -0.4 is 10.5 Å². The van der Waals surface area contributed by atoms with Gasteiger partial charge in [0.25, 0.3) is 0 Å².